The Hall–Kier alpha value is -1.58. The maximum absolute atomic E-state index is 6.25. The third-order valence-corrected chi connectivity index (χ3v) is 3.40. The minimum absolute atomic E-state index is 0.0474. The smallest absolute Gasteiger partial charge is 0.148 e. The van der Waals surface area contributed by atoms with Crippen molar-refractivity contribution in [2.45, 2.75) is 33.2 Å². The summed E-state index contributed by atoms with van der Waals surface area (Å²) in [5.41, 5.74) is 8.73. The van der Waals surface area contributed by atoms with Crippen LogP contribution in [0.25, 0.3) is 0 Å². The first-order valence-corrected chi connectivity index (χ1v) is 7.08. The summed E-state index contributed by atoms with van der Waals surface area (Å²) in [6, 6.07) is 9.43. The minimum Gasteiger partial charge on any atom is -0.454 e. The fraction of sp³-hybridized carbons (Fsp3) is 0.312. The Morgan fingerprint density at radius 1 is 1.25 bits per heavy atom. The molecular weight excluding hydrogens is 272 g/mol. The van der Waals surface area contributed by atoms with Gasteiger partial charge in [0.25, 0.3) is 0 Å². The van der Waals surface area contributed by atoms with Crippen LogP contribution in [0, 0.1) is 6.92 Å². The molecule has 0 spiro atoms. The molecule has 0 radical (unpaired) electrons. The van der Waals surface area contributed by atoms with Gasteiger partial charge in [0.2, 0.25) is 0 Å². The van der Waals surface area contributed by atoms with E-state index < -0.39 is 0 Å². The minimum atomic E-state index is -0.0474. The molecule has 2 rings (SSSR count). The van der Waals surface area contributed by atoms with Crippen molar-refractivity contribution in [3.63, 3.8) is 0 Å². The third kappa shape index (κ3) is 3.30. The molecule has 1 unspecified atom stereocenters. The summed E-state index contributed by atoms with van der Waals surface area (Å²) in [5, 5.41) is 0.558. The molecule has 0 fully saturated rings. The van der Waals surface area contributed by atoms with Crippen LogP contribution in [0.1, 0.15) is 36.8 Å². The number of nitrogens with two attached hydrogens (primary N) is 1. The molecule has 1 aromatic carbocycles. The molecule has 2 N–H and O–H groups in total. The van der Waals surface area contributed by atoms with Crippen LogP contribution in [-0.2, 0) is 6.42 Å². The largest absolute Gasteiger partial charge is 0.454 e. The molecule has 4 heteroatoms. The zero-order chi connectivity index (χ0) is 14.7. The molecule has 0 aliphatic rings. The van der Waals surface area contributed by atoms with E-state index in [1.165, 1.54) is 0 Å². The summed E-state index contributed by atoms with van der Waals surface area (Å²) in [4.78, 5) is 4.48. The van der Waals surface area contributed by atoms with E-state index in [0.717, 1.165) is 29.1 Å². The van der Waals surface area contributed by atoms with Gasteiger partial charge in [-0.05, 0) is 50.1 Å². The van der Waals surface area contributed by atoms with Gasteiger partial charge >= 0.3 is 0 Å². The Morgan fingerprint density at radius 3 is 2.55 bits per heavy atom. The highest BCUT2D eigenvalue weighted by atomic mass is 35.5. The molecule has 0 saturated heterocycles. The molecular formula is C16H19ClN2O. The first-order chi connectivity index (χ1) is 9.51. The van der Waals surface area contributed by atoms with Crippen LogP contribution in [0.3, 0.4) is 0 Å². The Kier molecular flexibility index (Phi) is 4.63. The van der Waals surface area contributed by atoms with E-state index in [4.69, 9.17) is 22.1 Å². The lowest BCUT2D eigenvalue weighted by molar-refractivity contribution is 0.472. The Morgan fingerprint density at radius 2 is 1.95 bits per heavy atom. The standard InChI is InChI=1S/C16H19ClN2O/c1-4-14-16(7-5-10(2)19-14)20-15-8-6-12(11(3)18)9-13(15)17/h5-9,11H,4,18H2,1-3H3. The first kappa shape index (κ1) is 14.8. The first-order valence-electron chi connectivity index (χ1n) is 6.70. The van der Waals surface area contributed by atoms with Gasteiger partial charge in [-0.25, -0.2) is 0 Å². The number of nitrogens with zero attached hydrogens (tertiary/aromatic N) is 1. The van der Waals surface area contributed by atoms with Crippen molar-refractivity contribution in [2.24, 2.45) is 5.73 Å². The van der Waals surface area contributed by atoms with Gasteiger partial charge in [-0.3, -0.25) is 4.98 Å². The summed E-state index contributed by atoms with van der Waals surface area (Å²) in [7, 11) is 0. The highest BCUT2D eigenvalue weighted by molar-refractivity contribution is 6.32. The number of aryl methyl sites for hydroxylation is 2. The molecule has 106 valence electrons. The predicted octanol–water partition coefficient (Wildman–Crippen LogP) is 4.42. The van der Waals surface area contributed by atoms with Gasteiger partial charge in [0.1, 0.15) is 11.5 Å². The molecule has 1 heterocycles. The number of aromatic nitrogens is 1. The molecule has 1 atom stereocenters. The van der Waals surface area contributed by atoms with Crippen molar-refractivity contribution < 1.29 is 4.74 Å². The molecule has 0 aliphatic heterocycles. The summed E-state index contributed by atoms with van der Waals surface area (Å²) in [6.07, 6.45) is 0.812. The summed E-state index contributed by atoms with van der Waals surface area (Å²) >= 11 is 6.25. The molecule has 0 aliphatic carbocycles. The lowest BCUT2D eigenvalue weighted by atomic mass is 10.1. The van der Waals surface area contributed by atoms with Gasteiger partial charge in [-0.15, -0.1) is 0 Å². The van der Waals surface area contributed by atoms with Crippen LogP contribution in [0.4, 0.5) is 0 Å². The fourth-order valence-electron chi connectivity index (χ4n) is 1.95. The van der Waals surface area contributed by atoms with E-state index in [-0.39, 0.29) is 6.04 Å². The van der Waals surface area contributed by atoms with Crippen LogP contribution < -0.4 is 10.5 Å². The molecule has 2 aromatic rings. The second-order valence-electron chi connectivity index (χ2n) is 4.83. The van der Waals surface area contributed by atoms with Crippen LogP contribution in [0.2, 0.25) is 5.02 Å². The van der Waals surface area contributed by atoms with Crippen LogP contribution in [0.15, 0.2) is 30.3 Å². The van der Waals surface area contributed by atoms with Crippen molar-refractivity contribution in [1.82, 2.24) is 4.98 Å². The highest BCUT2D eigenvalue weighted by Gasteiger charge is 2.10. The average Bonchev–Trinajstić information content (AvgIpc) is 2.42. The van der Waals surface area contributed by atoms with Gasteiger partial charge in [0.15, 0.2) is 0 Å². The third-order valence-electron chi connectivity index (χ3n) is 3.11. The zero-order valence-electron chi connectivity index (χ0n) is 12.0. The zero-order valence-corrected chi connectivity index (χ0v) is 12.7. The second kappa shape index (κ2) is 6.25. The second-order valence-corrected chi connectivity index (χ2v) is 5.24. The number of benzene rings is 1. The maximum atomic E-state index is 6.25. The van der Waals surface area contributed by atoms with E-state index in [2.05, 4.69) is 11.9 Å². The molecule has 0 amide bonds. The quantitative estimate of drug-likeness (QED) is 0.907. The van der Waals surface area contributed by atoms with Gasteiger partial charge in [0, 0.05) is 11.7 Å². The number of hydrogen-bond acceptors (Lipinski definition) is 3. The summed E-state index contributed by atoms with van der Waals surface area (Å²) < 4.78 is 5.89. The van der Waals surface area contributed by atoms with E-state index in [1.54, 1.807) is 0 Å². The van der Waals surface area contributed by atoms with Crippen molar-refractivity contribution in [3.8, 4) is 11.5 Å². The van der Waals surface area contributed by atoms with Gasteiger partial charge < -0.3 is 10.5 Å². The predicted molar refractivity (Wildman–Crippen MR) is 82.5 cm³/mol. The fourth-order valence-corrected chi connectivity index (χ4v) is 2.17. The molecule has 0 bridgehead atoms. The van der Waals surface area contributed by atoms with Crippen LogP contribution >= 0.6 is 11.6 Å². The lowest BCUT2D eigenvalue weighted by Gasteiger charge is -2.13. The van der Waals surface area contributed by atoms with E-state index >= 15 is 0 Å². The van der Waals surface area contributed by atoms with E-state index in [9.17, 15) is 0 Å². The Bertz CT molecular complexity index is 611. The monoisotopic (exact) mass is 290 g/mol. The molecule has 1 aromatic heterocycles. The number of pyridine rings is 1. The Balaban J connectivity index is 2.30. The van der Waals surface area contributed by atoms with Crippen molar-refractivity contribution in [3.05, 3.63) is 52.3 Å². The summed E-state index contributed by atoms with van der Waals surface area (Å²) in [6.45, 7) is 5.94. The van der Waals surface area contributed by atoms with Gasteiger partial charge in [0.05, 0.1) is 10.7 Å². The topological polar surface area (TPSA) is 48.1 Å². The molecule has 3 nitrogen and oxygen atoms in total. The number of ether oxygens (including phenoxy) is 1. The highest BCUT2D eigenvalue weighted by Crippen LogP contribution is 2.32. The van der Waals surface area contributed by atoms with Crippen LogP contribution in [0.5, 0.6) is 11.5 Å². The number of hydrogen-bond donors (Lipinski definition) is 1. The van der Waals surface area contributed by atoms with Crippen molar-refractivity contribution >= 4 is 11.6 Å². The maximum Gasteiger partial charge on any atom is 0.148 e. The average molecular weight is 291 g/mol. The number of rotatable bonds is 4. The Labute approximate surface area is 124 Å². The molecule has 20 heavy (non-hydrogen) atoms. The van der Waals surface area contributed by atoms with Crippen molar-refractivity contribution in [2.75, 3.05) is 0 Å². The van der Waals surface area contributed by atoms with Gasteiger partial charge in [-0.2, -0.15) is 0 Å². The van der Waals surface area contributed by atoms with Crippen molar-refractivity contribution in [1.29, 1.82) is 0 Å². The number of halogens is 1. The SMILES string of the molecule is CCc1nc(C)ccc1Oc1ccc(C(C)N)cc1Cl. The van der Waals surface area contributed by atoms with E-state index in [1.807, 2.05) is 44.2 Å². The van der Waals surface area contributed by atoms with E-state index in [0.29, 0.717) is 10.8 Å². The normalized spacial score (nSPS) is 12.2. The molecule has 0 saturated carbocycles. The summed E-state index contributed by atoms with van der Waals surface area (Å²) in [5.74, 6) is 1.37. The van der Waals surface area contributed by atoms with Crippen LogP contribution in [-0.4, -0.2) is 4.98 Å². The lowest BCUT2D eigenvalue weighted by Crippen LogP contribution is -2.04. The van der Waals surface area contributed by atoms with Gasteiger partial charge in [-0.1, -0.05) is 24.6 Å².